The van der Waals surface area contributed by atoms with Gasteiger partial charge in [0.05, 0.1) is 11.9 Å². The third-order valence-corrected chi connectivity index (χ3v) is 1.88. The van der Waals surface area contributed by atoms with Crippen molar-refractivity contribution in [2.45, 2.75) is 65.9 Å². The van der Waals surface area contributed by atoms with Crippen molar-refractivity contribution in [3.8, 4) is 0 Å². The maximum atomic E-state index is 5.62. The largest absolute Gasteiger partial charge is 0.496 e. The molecule has 1 nitrogen and oxygen atoms in total. The molecule has 0 aliphatic heterocycles. The van der Waals surface area contributed by atoms with E-state index in [2.05, 4.69) is 34.6 Å². The Morgan fingerprint density at radius 3 is 2.23 bits per heavy atom. The van der Waals surface area contributed by atoms with Crippen molar-refractivity contribution < 1.29 is 4.74 Å². The van der Waals surface area contributed by atoms with Gasteiger partial charge < -0.3 is 4.74 Å². The van der Waals surface area contributed by atoms with E-state index in [1.165, 1.54) is 24.8 Å². The normalized spacial score (nSPS) is 13.2. The lowest BCUT2D eigenvalue weighted by molar-refractivity contribution is 0.0743. The first-order chi connectivity index (χ1) is 5.99. The van der Waals surface area contributed by atoms with Gasteiger partial charge in [0.15, 0.2) is 0 Å². The van der Waals surface area contributed by atoms with Crippen LogP contribution in [0.4, 0.5) is 0 Å². The second-order valence-electron chi connectivity index (χ2n) is 4.46. The maximum Gasteiger partial charge on any atom is 0.0998 e. The van der Waals surface area contributed by atoms with Crippen LogP contribution in [0.5, 0.6) is 0 Å². The third kappa shape index (κ3) is 7.89. The first-order valence-electron chi connectivity index (χ1n) is 5.35. The molecule has 78 valence electrons. The zero-order chi connectivity index (χ0) is 10.3. The van der Waals surface area contributed by atoms with Crippen LogP contribution in [-0.2, 0) is 4.74 Å². The molecule has 0 radical (unpaired) electrons. The van der Waals surface area contributed by atoms with Crippen molar-refractivity contribution in [3.63, 3.8) is 0 Å². The van der Waals surface area contributed by atoms with Crippen molar-refractivity contribution in [3.05, 3.63) is 11.8 Å². The van der Waals surface area contributed by atoms with Gasteiger partial charge in [-0.25, -0.2) is 0 Å². The second-order valence-corrected chi connectivity index (χ2v) is 4.46. The van der Waals surface area contributed by atoms with Crippen LogP contribution < -0.4 is 0 Å². The van der Waals surface area contributed by atoms with E-state index in [1.807, 2.05) is 6.26 Å². The van der Waals surface area contributed by atoms with E-state index in [9.17, 15) is 0 Å². The molecular weight excluding hydrogens is 160 g/mol. The Morgan fingerprint density at radius 1 is 1.23 bits per heavy atom. The van der Waals surface area contributed by atoms with Gasteiger partial charge in [0.2, 0.25) is 0 Å². The summed E-state index contributed by atoms with van der Waals surface area (Å²) in [5.74, 6) is 0. The number of rotatable bonds is 5. The lowest BCUT2D eigenvalue weighted by atomic mass is 10.1. The highest BCUT2D eigenvalue weighted by Crippen LogP contribution is 2.15. The predicted molar refractivity (Wildman–Crippen MR) is 58.7 cm³/mol. The van der Waals surface area contributed by atoms with Gasteiger partial charge in [-0.3, -0.25) is 0 Å². The Labute approximate surface area is 83.2 Å². The Balaban J connectivity index is 3.92. The zero-order valence-electron chi connectivity index (χ0n) is 9.81. The maximum absolute atomic E-state index is 5.62. The van der Waals surface area contributed by atoms with Gasteiger partial charge in [-0.1, -0.05) is 20.3 Å². The Hall–Kier alpha value is -0.460. The Bertz CT molecular complexity index is 151. The molecular formula is C12H24O. The average Bonchev–Trinajstić information content (AvgIpc) is 2.03. The summed E-state index contributed by atoms with van der Waals surface area (Å²) in [5.41, 5.74) is 1.38. The molecule has 0 heterocycles. The summed E-state index contributed by atoms with van der Waals surface area (Å²) >= 11 is 0. The predicted octanol–water partition coefficient (Wildman–Crippen LogP) is 4.29. The van der Waals surface area contributed by atoms with Gasteiger partial charge in [-0.15, -0.1) is 0 Å². The highest BCUT2D eigenvalue weighted by molar-refractivity contribution is 4.97. The second kappa shape index (κ2) is 6.06. The fraction of sp³-hybridized carbons (Fsp3) is 0.833. The van der Waals surface area contributed by atoms with Crippen LogP contribution in [0.3, 0.4) is 0 Å². The van der Waals surface area contributed by atoms with Crippen molar-refractivity contribution in [2.75, 3.05) is 0 Å². The molecule has 0 N–H and O–H groups in total. The molecule has 0 spiro atoms. The molecule has 0 aromatic heterocycles. The summed E-state index contributed by atoms with van der Waals surface area (Å²) in [6.07, 6.45) is 6.77. The third-order valence-electron chi connectivity index (χ3n) is 1.88. The molecule has 0 aliphatic carbocycles. The average molecular weight is 184 g/mol. The quantitative estimate of drug-likeness (QED) is 0.579. The lowest BCUT2D eigenvalue weighted by Crippen LogP contribution is -2.15. The summed E-state index contributed by atoms with van der Waals surface area (Å²) < 4.78 is 5.62. The van der Waals surface area contributed by atoms with Crippen LogP contribution in [0.2, 0.25) is 0 Å². The van der Waals surface area contributed by atoms with Crippen LogP contribution in [0, 0.1) is 0 Å². The van der Waals surface area contributed by atoms with Crippen molar-refractivity contribution >= 4 is 0 Å². The molecule has 0 fully saturated rings. The minimum absolute atomic E-state index is 0.0490. The molecule has 1 heteroatoms. The first-order valence-corrected chi connectivity index (χ1v) is 5.35. The number of allylic oxidation sites excluding steroid dienone is 1. The monoisotopic (exact) mass is 184 g/mol. The van der Waals surface area contributed by atoms with E-state index in [-0.39, 0.29) is 5.60 Å². The van der Waals surface area contributed by atoms with Crippen molar-refractivity contribution in [1.29, 1.82) is 0 Å². The highest BCUT2D eigenvalue weighted by Gasteiger charge is 2.08. The summed E-state index contributed by atoms with van der Waals surface area (Å²) in [7, 11) is 0. The van der Waals surface area contributed by atoms with Crippen LogP contribution in [0.1, 0.15) is 60.3 Å². The lowest BCUT2D eigenvalue weighted by Gasteiger charge is -2.19. The van der Waals surface area contributed by atoms with Gasteiger partial charge >= 0.3 is 0 Å². The summed E-state index contributed by atoms with van der Waals surface area (Å²) in [6, 6.07) is 0. The number of unbranched alkanes of at least 4 members (excludes halogenated alkanes) is 1. The van der Waals surface area contributed by atoms with Gasteiger partial charge in [0, 0.05) is 0 Å². The molecule has 0 atom stereocenters. The van der Waals surface area contributed by atoms with Gasteiger partial charge in [0.25, 0.3) is 0 Å². The topological polar surface area (TPSA) is 9.23 Å². The van der Waals surface area contributed by atoms with E-state index >= 15 is 0 Å². The van der Waals surface area contributed by atoms with Crippen LogP contribution in [0.25, 0.3) is 0 Å². The molecule has 0 unspecified atom stereocenters. The first kappa shape index (κ1) is 12.5. The molecule has 0 aromatic carbocycles. The molecule has 0 aromatic rings. The van der Waals surface area contributed by atoms with E-state index in [4.69, 9.17) is 4.74 Å². The van der Waals surface area contributed by atoms with Crippen molar-refractivity contribution in [1.82, 2.24) is 0 Å². The summed E-state index contributed by atoms with van der Waals surface area (Å²) in [5, 5.41) is 0. The van der Waals surface area contributed by atoms with Gasteiger partial charge in [-0.2, -0.15) is 0 Å². The molecule has 0 aliphatic rings. The summed E-state index contributed by atoms with van der Waals surface area (Å²) in [4.78, 5) is 0. The van der Waals surface area contributed by atoms with E-state index in [0.717, 1.165) is 6.42 Å². The Morgan fingerprint density at radius 2 is 1.85 bits per heavy atom. The molecule has 0 bridgehead atoms. The number of ether oxygens (including phenoxy) is 1. The summed E-state index contributed by atoms with van der Waals surface area (Å²) in [6.45, 7) is 10.6. The van der Waals surface area contributed by atoms with Gasteiger partial charge in [-0.05, 0) is 45.6 Å². The molecule has 0 saturated carbocycles. The molecule has 0 rings (SSSR count). The van der Waals surface area contributed by atoms with E-state index < -0.39 is 0 Å². The van der Waals surface area contributed by atoms with Crippen molar-refractivity contribution in [2.24, 2.45) is 0 Å². The number of hydrogen-bond acceptors (Lipinski definition) is 1. The van der Waals surface area contributed by atoms with Crippen LogP contribution in [-0.4, -0.2) is 5.60 Å². The van der Waals surface area contributed by atoms with E-state index in [1.54, 1.807) is 0 Å². The number of hydrogen-bond donors (Lipinski definition) is 0. The van der Waals surface area contributed by atoms with Gasteiger partial charge in [0.1, 0.15) is 0 Å². The zero-order valence-corrected chi connectivity index (χ0v) is 9.81. The standard InChI is InChI=1S/C12H24O/c1-6-8-9-11(7-2)10-13-12(3,4)5/h10H,6-9H2,1-5H3. The fourth-order valence-electron chi connectivity index (χ4n) is 0.983. The molecule has 13 heavy (non-hydrogen) atoms. The van der Waals surface area contributed by atoms with Crippen LogP contribution >= 0.6 is 0 Å². The SMILES string of the molecule is CCCCC(=COC(C)(C)C)CC. The smallest absolute Gasteiger partial charge is 0.0998 e. The minimum Gasteiger partial charge on any atom is -0.496 e. The van der Waals surface area contributed by atoms with E-state index in [0.29, 0.717) is 0 Å². The highest BCUT2D eigenvalue weighted by atomic mass is 16.5. The fourth-order valence-corrected chi connectivity index (χ4v) is 0.983. The Kier molecular flexibility index (Phi) is 5.85. The molecule has 0 amide bonds. The molecule has 0 saturated heterocycles. The van der Waals surface area contributed by atoms with Crippen LogP contribution in [0.15, 0.2) is 11.8 Å². The minimum atomic E-state index is -0.0490.